The smallest absolute Gasteiger partial charge is 0.464 e. The maximum Gasteiger partial charge on any atom is 2.00 e. The molecule has 6 nitrogen and oxygen atoms in total. The van der Waals surface area contributed by atoms with E-state index in [0.29, 0.717) is 16.9 Å². The Bertz CT molecular complexity index is 4450. The molecule has 0 saturated carbocycles. The molecule has 0 atom stereocenters. The molecular weight excluding hydrogens is 1200 g/mol. The van der Waals surface area contributed by atoms with Crippen molar-refractivity contribution in [2.45, 2.75) is 0 Å². The van der Waals surface area contributed by atoms with E-state index in [0.717, 1.165) is 87.7 Å². The van der Waals surface area contributed by atoms with Crippen LogP contribution in [-0.2, 0) is 21.1 Å². The predicted octanol–water partition coefficient (Wildman–Crippen LogP) is 10.8. The molecule has 4 heterocycles. The quantitative estimate of drug-likeness (QED) is 0.0798. The van der Waals surface area contributed by atoms with Gasteiger partial charge in [0.2, 0.25) is 5.88 Å². The van der Waals surface area contributed by atoms with Crippen LogP contribution in [0.2, 0.25) is 0 Å². The van der Waals surface area contributed by atoms with E-state index in [1.807, 2.05) is 78.9 Å². The van der Waals surface area contributed by atoms with Gasteiger partial charge >= 0.3 is 29.4 Å². The fourth-order valence-electron chi connectivity index (χ4n) is 12.6. The molecule has 386 valence electrons. The average molecular weight is 1250 g/mol. The molecule has 1 aliphatic rings. The van der Waals surface area contributed by atoms with Gasteiger partial charge in [0, 0.05) is 33.6 Å². The maximum atomic E-state index is 13.3. The van der Waals surface area contributed by atoms with Crippen molar-refractivity contribution in [2.24, 2.45) is 0 Å². The van der Waals surface area contributed by atoms with E-state index in [-0.39, 0.29) is 21.1 Å². The molecule has 0 unspecified atom stereocenters. The molecule has 3 aromatic heterocycles. The minimum Gasteiger partial charge on any atom is -0.464 e. The first-order valence-corrected chi connectivity index (χ1v) is 31.0. The molecule has 1 aliphatic heterocycles. The Morgan fingerprint density at radius 2 is 0.963 bits per heavy atom. The Morgan fingerprint density at radius 1 is 0.481 bits per heavy atom. The SMILES string of the molecule is O[Si](c1ccccc1)(c1ccccc1)c1cccc(Oc2[c-]c3c(cc2-n2c4ccccc4c4ccccc42)[Si](c2ccccc2)(c2ccccc2)c2cccc4c2n-3[c-][n+]4-c2c(-c3ccccc3)cccc2-c2ccccc2)n1.[Pt+2]. The molecule has 0 amide bonds. The normalized spacial score (nSPS) is 12.5. The molecule has 0 fully saturated rings. The Hall–Kier alpha value is -9.28. The summed E-state index contributed by atoms with van der Waals surface area (Å²) in [6.45, 7) is 0. The molecule has 0 bridgehead atoms. The number of ether oxygens (including phenoxy) is 1. The van der Waals surface area contributed by atoms with Gasteiger partial charge in [0.05, 0.1) is 22.0 Å². The van der Waals surface area contributed by atoms with E-state index in [1.165, 1.54) is 15.6 Å². The summed E-state index contributed by atoms with van der Waals surface area (Å²) in [6, 6.07) is 106. The molecule has 1 N–H and O–H groups in total. The molecule has 0 aliphatic carbocycles. The van der Waals surface area contributed by atoms with Gasteiger partial charge in [-0.25, -0.2) is 4.98 Å². The van der Waals surface area contributed by atoms with E-state index in [1.54, 1.807) is 0 Å². The van der Waals surface area contributed by atoms with Crippen molar-refractivity contribution in [1.82, 2.24) is 14.1 Å². The zero-order valence-electron chi connectivity index (χ0n) is 43.7. The number of imidazole rings is 1. The second kappa shape index (κ2) is 20.4. The van der Waals surface area contributed by atoms with Crippen LogP contribution in [0.15, 0.2) is 291 Å². The first-order chi connectivity index (χ1) is 39.6. The summed E-state index contributed by atoms with van der Waals surface area (Å²) >= 11 is 0. The summed E-state index contributed by atoms with van der Waals surface area (Å²) in [7, 11) is -7.01. The minimum atomic E-state index is -3.66. The van der Waals surface area contributed by atoms with E-state index < -0.39 is 16.4 Å². The Balaban J connectivity index is 0.00000589. The molecule has 14 aromatic rings. The van der Waals surface area contributed by atoms with Crippen molar-refractivity contribution in [3.05, 3.63) is 304 Å². The van der Waals surface area contributed by atoms with Gasteiger partial charge in [-0.2, -0.15) is 0 Å². The molecule has 0 saturated heterocycles. The number of hydrogen-bond acceptors (Lipinski definition) is 3. The Kier molecular flexibility index (Phi) is 12.6. The first-order valence-electron chi connectivity index (χ1n) is 27.0. The number of nitrogens with zero attached hydrogens (tertiary/aromatic N) is 4. The summed E-state index contributed by atoms with van der Waals surface area (Å²) in [5.74, 6) is 0.815. The van der Waals surface area contributed by atoms with E-state index in [4.69, 9.17) is 9.72 Å². The summed E-state index contributed by atoms with van der Waals surface area (Å²) in [5.41, 5.74) is 11.2. The van der Waals surface area contributed by atoms with Crippen molar-refractivity contribution >= 4 is 85.7 Å². The fraction of sp³-hybridized carbons (Fsp3) is 0. The van der Waals surface area contributed by atoms with Crippen molar-refractivity contribution in [3.8, 4) is 50.9 Å². The summed E-state index contributed by atoms with van der Waals surface area (Å²) in [6.07, 6.45) is 4.05. The van der Waals surface area contributed by atoms with Crippen LogP contribution >= 0.6 is 0 Å². The minimum absolute atomic E-state index is 0. The molecular formula is C72H49N4O2PtSi2+. The van der Waals surface area contributed by atoms with Gasteiger partial charge in [-0.3, -0.25) is 4.57 Å². The average Bonchev–Trinajstić information content (AvgIpc) is 3.08. The standard InChI is InChI=1S/C72H49N4O2Si2.Pt/c77-80(55-34-15-5-16-35-55,56-36-17-6-18-37-56)70-47-25-46-69(73-70)78-66-48-65-68(49-64(66)76-61-42-21-19-38-59(61)60-39-20-22-43-62(60)76)79(53-30-11-3-12-31-53,54-32-13-4-14-33-54)67-45-24-44-63-72(67)75(65)50-74(63)71-57(51-26-7-1-8-27-51)40-23-41-58(71)52-28-9-2-10-29-52;/h1-47,49,77H;/q-1;+2. The summed E-state index contributed by atoms with van der Waals surface area (Å²) < 4.78 is 14.3. The number of rotatable bonds is 11. The number of para-hydroxylation sites is 4. The molecule has 11 aromatic carbocycles. The largest absolute Gasteiger partial charge is 2.00 e. The van der Waals surface area contributed by atoms with Crippen LogP contribution in [-0.4, -0.2) is 35.3 Å². The number of fused-ring (bicyclic) bond motifs is 5. The molecule has 9 heteroatoms. The van der Waals surface area contributed by atoms with Gasteiger partial charge in [-0.05, 0) is 67.4 Å². The third kappa shape index (κ3) is 7.97. The number of hydrogen-bond donors (Lipinski definition) is 1. The van der Waals surface area contributed by atoms with Gasteiger partial charge in [0.15, 0.2) is 0 Å². The van der Waals surface area contributed by atoms with Gasteiger partial charge in [-0.15, -0.1) is 17.3 Å². The van der Waals surface area contributed by atoms with Crippen LogP contribution < -0.4 is 45.7 Å². The van der Waals surface area contributed by atoms with E-state index in [9.17, 15) is 4.80 Å². The predicted molar refractivity (Wildman–Crippen MR) is 329 cm³/mol. The molecule has 0 radical (unpaired) electrons. The van der Waals surface area contributed by atoms with Crippen LogP contribution in [0.1, 0.15) is 0 Å². The van der Waals surface area contributed by atoms with Crippen molar-refractivity contribution in [3.63, 3.8) is 0 Å². The van der Waals surface area contributed by atoms with Gasteiger partial charge in [-0.1, -0.05) is 271 Å². The number of benzene rings is 11. The first kappa shape index (κ1) is 50.0. The van der Waals surface area contributed by atoms with Crippen LogP contribution in [0, 0.1) is 12.4 Å². The maximum absolute atomic E-state index is 13.3. The third-order valence-electron chi connectivity index (χ3n) is 16.1. The zero-order chi connectivity index (χ0) is 53.2. The van der Waals surface area contributed by atoms with E-state index in [2.05, 4.69) is 238 Å². The molecule has 15 rings (SSSR count). The zero-order valence-corrected chi connectivity index (χ0v) is 47.9. The number of aromatic nitrogens is 4. The van der Waals surface area contributed by atoms with Crippen LogP contribution in [0.25, 0.3) is 72.2 Å². The topological polar surface area (TPSA) is 56.1 Å². The van der Waals surface area contributed by atoms with Gasteiger partial charge in [0.1, 0.15) is 8.07 Å². The van der Waals surface area contributed by atoms with Crippen molar-refractivity contribution in [2.75, 3.05) is 0 Å². The monoisotopic (exact) mass is 1250 g/mol. The third-order valence-corrected chi connectivity index (χ3v) is 24.2. The molecule has 81 heavy (non-hydrogen) atoms. The van der Waals surface area contributed by atoms with Crippen LogP contribution in [0.4, 0.5) is 0 Å². The van der Waals surface area contributed by atoms with Gasteiger partial charge in [0.25, 0.3) is 6.33 Å². The van der Waals surface area contributed by atoms with E-state index >= 15 is 0 Å². The van der Waals surface area contributed by atoms with Gasteiger partial charge < -0.3 is 18.7 Å². The Labute approximate surface area is 486 Å². The second-order valence-electron chi connectivity index (χ2n) is 20.4. The van der Waals surface area contributed by atoms with Crippen molar-refractivity contribution in [1.29, 1.82) is 0 Å². The van der Waals surface area contributed by atoms with Crippen molar-refractivity contribution < 1.29 is 35.2 Å². The molecule has 0 spiro atoms. The summed E-state index contributed by atoms with van der Waals surface area (Å²) in [4.78, 5) is 18.6. The Morgan fingerprint density at radius 3 is 1.52 bits per heavy atom. The number of pyridine rings is 1. The van der Waals surface area contributed by atoms with Crippen LogP contribution in [0.5, 0.6) is 11.6 Å². The summed E-state index contributed by atoms with van der Waals surface area (Å²) in [5, 5.41) is 9.32. The second-order valence-corrected chi connectivity index (χ2v) is 27.2. The fourth-order valence-corrected chi connectivity index (χ4v) is 20.5. The van der Waals surface area contributed by atoms with Crippen LogP contribution in [0.3, 0.4) is 0 Å².